The first-order valence-electron chi connectivity index (χ1n) is 12.0. The molecule has 0 aliphatic carbocycles. The van der Waals surface area contributed by atoms with Crippen molar-refractivity contribution < 1.29 is 9.47 Å². The number of morpholine rings is 1. The van der Waals surface area contributed by atoms with Crippen molar-refractivity contribution in [2.45, 2.75) is 32.2 Å². The van der Waals surface area contributed by atoms with E-state index in [4.69, 9.17) is 15.2 Å². The number of piperidine rings is 1. The number of rotatable bonds is 7. The molecule has 0 atom stereocenters. The number of hydrogen-bond acceptors (Lipinski definition) is 8. The molecule has 4 rings (SSSR count). The Kier molecular flexibility index (Phi) is 7.80. The van der Waals surface area contributed by atoms with E-state index in [1.54, 1.807) is 16.9 Å². The molecule has 0 aromatic carbocycles. The van der Waals surface area contributed by atoms with E-state index in [1.165, 1.54) is 6.20 Å². The molecular formula is C25H34N8O2. The average molecular weight is 479 g/mol. The Balaban J connectivity index is 1.57. The molecule has 2 aliphatic heterocycles. The molecule has 2 aromatic heterocycles. The predicted molar refractivity (Wildman–Crippen MR) is 136 cm³/mol. The Hall–Kier alpha value is -3.26. The summed E-state index contributed by atoms with van der Waals surface area (Å²) >= 11 is 0. The molecule has 2 aliphatic rings. The van der Waals surface area contributed by atoms with Gasteiger partial charge in [-0.3, -0.25) is 4.90 Å². The highest BCUT2D eigenvalue weighted by atomic mass is 16.5. The fourth-order valence-electron chi connectivity index (χ4n) is 4.35. The molecule has 0 amide bonds. The van der Waals surface area contributed by atoms with E-state index in [0.717, 1.165) is 64.5 Å². The number of aromatic nitrogens is 2. The zero-order valence-electron chi connectivity index (χ0n) is 20.6. The summed E-state index contributed by atoms with van der Waals surface area (Å²) in [6, 6.07) is 4.06. The zero-order valence-corrected chi connectivity index (χ0v) is 20.6. The zero-order chi connectivity index (χ0) is 24.8. The number of nitrogens with zero attached hydrogens (tertiary/aromatic N) is 7. The van der Waals surface area contributed by atoms with Crippen LogP contribution in [0.4, 0.5) is 0 Å². The quantitative estimate of drug-likeness (QED) is 0.478. The molecule has 4 heterocycles. The van der Waals surface area contributed by atoms with Crippen LogP contribution in [0.3, 0.4) is 0 Å². The molecule has 0 radical (unpaired) electrons. The van der Waals surface area contributed by atoms with Gasteiger partial charge in [-0.1, -0.05) is 0 Å². The Morgan fingerprint density at radius 1 is 1.34 bits per heavy atom. The third-order valence-corrected chi connectivity index (χ3v) is 6.66. The van der Waals surface area contributed by atoms with E-state index >= 15 is 0 Å². The Morgan fingerprint density at radius 3 is 2.77 bits per heavy atom. The van der Waals surface area contributed by atoms with Crippen LogP contribution in [0.15, 0.2) is 40.3 Å². The lowest BCUT2D eigenvalue weighted by molar-refractivity contribution is 0.0322. The van der Waals surface area contributed by atoms with E-state index in [0.29, 0.717) is 34.8 Å². The highest BCUT2D eigenvalue weighted by molar-refractivity contribution is 6.08. The highest BCUT2D eigenvalue weighted by Crippen LogP contribution is 2.24. The van der Waals surface area contributed by atoms with E-state index in [9.17, 15) is 5.26 Å². The van der Waals surface area contributed by atoms with Gasteiger partial charge in [-0.2, -0.15) is 10.4 Å². The second kappa shape index (κ2) is 11.0. The maximum absolute atomic E-state index is 9.62. The van der Waals surface area contributed by atoms with Crippen LogP contribution in [0.5, 0.6) is 5.75 Å². The number of nitrogens with two attached hydrogens (primary N) is 1. The lowest BCUT2D eigenvalue weighted by Crippen LogP contribution is -2.47. The second-order valence-corrected chi connectivity index (χ2v) is 9.38. The van der Waals surface area contributed by atoms with Crippen LogP contribution in [0.2, 0.25) is 0 Å². The van der Waals surface area contributed by atoms with Gasteiger partial charge in [0.15, 0.2) is 5.84 Å². The van der Waals surface area contributed by atoms with E-state index in [-0.39, 0.29) is 5.54 Å². The molecule has 186 valence electrons. The van der Waals surface area contributed by atoms with Crippen molar-refractivity contribution in [1.29, 1.82) is 5.26 Å². The summed E-state index contributed by atoms with van der Waals surface area (Å²) in [6.45, 7) is 14.3. The largest absolute Gasteiger partial charge is 0.491 e. The van der Waals surface area contributed by atoms with Crippen LogP contribution in [0.1, 0.15) is 37.8 Å². The summed E-state index contributed by atoms with van der Waals surface area (Å²) in [5.74, 6) is 1.04. The first kappa shape index (κ1) is 24.9. The molecular weight excluding hydrogens is 444 g/mol. The van der Waals surface area contributed by atoms with Crippen molar-refractivity contribution in [2.75, 3.05) is 52.5 Å². The lowest BCUT2D eigenvalue weighted by atomic mass is 9.91. The summed E-state index contributed by atoms with van der Waals surface area (Å²) in [6.07, 6.45) is 6.97. The molecule has 0 spiro atoms. The van der Waals surface area contributed by atoms with Gasteiger partial charge in [-0.05, 0) is 39.5 Å². The number of hydrogen-bond donors (Lipinski definition) is 1. The van der Waals surface area contributed by atoms with Crippen molar-refractivity contribution >= 4 is 18.1 Å². The monoisotopic (exact) mass is 478 g/mol. The van der Waals surface area contributed by atoms with Gasteiger partial charge in [0.2, 0.25) is 0 Å². The number of amidine groups is 1. The number of pyridine rings is 1. The fraction of sp³-hybridized carbons (Fsp3) is 0.520. The van der Waals surface area contributed by atoms with Crippen molar-refractivity contribution in [1.82, 2.24) is 19.4 Å². The molecule has 2 N–H and O–H groups in total. The predicted octanol–water partition coefficient (Wildman–Crippen LogP) is 2.04. The molecule has 10 nitrogen and oxygen atoms in total. The summed E-state index contributed by atoms with van der Waals surface area (Å²) in [5.41, 5.74) is 8.90. The smallest absolute Gasteiger partial charge is 0.160 e. The highest BCUT2D eigenvalue weighted by Gasteiger charge is 2.25. The SMILES string of the molecule is C=NC(=N/C=C(\C)N1CCC(C)(N)CC1)c1cc(OCCN2CCOCC2)cn2ncc(C#N)c12. The van der Waals surface area contributed by atoms with E-state index < -0.39 is 0 Å². The van der Waals surface area contributed by atoms with Crippen LogP contribution in [-0.4, -0.2) is 90.1 Å². The molecule has 2 fully saturated rings. The molecule has 2 aromatic rings. The number of allylic oxidation sites excluding steroid dienone is 1. The minimum atomic E-state index is -0.114. The molecule has 0 saturated carbocycles. The molecule has 10 heteroatoms. The number of fused-ring (bicyclic) bond motifs is 1. The third-order valence-electron chi connectivity index (χ3n) is 6.66. The number of ether oxygens (including phenoxy) is 2. The van der Waals surface area contributed by atoms with Crippen LogP contribution in [0, 0.1) is 11.3 Å². The van der Waals surface area contributed by atoms with Crippen LogP contribution >= 0.6 is 0 Å². The summed E-state index contributed by atoms with van der Waals surface area (Å²) in [7, 11) is 0. The van der Waals surface area contributed by atoms with Gasteiger partial charge < -0.3 is 20.1 Å². The molecule has 0 bridgehead atoms. The lowest BCUT2D eigenvalue weighted by Gasteiger charge is -2.38. The van der Waals surface area contributed by atoms with Gasteiger partial charge in [0.25, 0.3) is 0 Å². The fourth-order valence-corrected chi connectivity index (χ4v) is 4.35. The third kappa shape index (κ3) is 6.06. The van der Waals surface area contributed by atoms with E-state index in [2.05, 4.69) is 44.6 Å². The Morgan fingerprint density at radius 2 is 2.09 bits per heavy atom. The van der Waals surface area contributed by atoms with Crippen molar-refractivity contribution in [3.05, 3.63) is 41.5 Å². The first-order chi connectivity index (χ1) is 16.9. The minimum absolute atomic E-state index is 0.114. The van der Waals surface area contributed by atoms with Crippen molar-refractivity contribution in [3.8, 4) is 11.8 Å². The molecule has 0 unspecified atom stereocenters. The average Bonchev–Trinajstić information content (AvgIpc) is 3.28. The number of likely N-dealkylation sites (tertiary alicyclic amines) is 1. The van der Waals surface area contributed by atoms with Gasteiger partial charge in [0.05, 0.1) is 42.3 Å². The first-order valence-corrected chi connectivity index (χ1v) is 12.0. The van der Waals surface area contributed by atoms with Gasteiger partial charge in [0, 0.05) is 50.2 Å². The Bertz CT molecular complexity index is 1140. The summed E-state index contributed by atoms with van der Waals surface area (Å²) in [4.78, 5) is 13.4. The van der Waals surface area contributed by atoms with Crippen molar-refractivity contribution in [3.63, 3.8) is 0 Å². The topological polar surface area (TPSA) is 117 Å². The number of nitriles is 1. The van der Waals surface area contributed by atoms with Gasteiger partial charge >= 0.3 is 0 Å². The maximum Gasteiger partial charge on any atom is 0.160 e. The van der Waals surface area contributed by atoms with Crippen LogP contribution in [-0.2, 0) is 4.74 Å². The van der Waals surface area contributed by atoms with E-state index in [1.807, 2.05) is 13.0 Å². The molecule has 2 saturated heterocycles. The number of aliphatic imine (C=N–C) groups is 2. The molecule has 35 heavy (non-hydrogen) atoms. The second-order valence-electron chi connectivity index (χ2n) is 9.38. The van der Waals surface area contributed by atoms with Gasteiger partial charge in [-0.25, -0.2) is 14.5 Å². The Labute approximate surface area is 206 Å². The van der Waals surface area contributed by atoms with Gasteiger partial charge in [0.1, 0.15) is 18.4 Å². The normalized spacial score (nSPS) is 19.5. The maximum atomic E-state index is 9.62. The summed E-state index contributed by atoms with van der Waals surface area (Å²) < 4.78 is 13.1. The minimum Gasteiger partial charge on any atom is -0.491 e. The van der Waals surface area contributed by atoms with Crippen LogP contribution in [0.25, 0.3) is 5.52 Å². The standard InChI is InChI=1S/C25H34N8O2/c1-19(32-6-4-25(2,27)5-7-32)16-29-24(28-3)22-14-21(18-33-23(22)20(15-26)17-30-33)35-13-10-31-8-11-34-12-9-31/h14,16-18H,3-13,27H2,1-2H3/b19-16+,29-24?. The summed E-state index contributed by atoms with van der Waals surface area (Å²) in [5, 5.41) is 14.0. The van der Waals surface area contributed by atoms with Crippen molar-refractivity contribution in [2.24, 2.45) is 15.7 Å². The van der Waals surface area contributed by atoms with Crippen LogP contribution < -0.4 is 10.5 Å². The van der Waals surface area contributed by atoms with Gasteiger partial charge in [-0.15, -0.1) is 0 Å².